The van der Waals surface area contributed by atoms with Gasteiger partial charge in [0.2, 0.25) is 5.95 Å². The standard InChI is InChI=1S/C26H29FN4O2/c1-15-13-26(3,4)31-23-18(15)10-17(27)11-19(23)20(24(31)33)12-22(32)21-14-28-25(29-16(21)2)30-8-6-5-7-9-30/h10-12,14-15H,5-9,13H2,1-4H3/b20-12+. The second-order valence-corrected chi connectivity index (χ2v) is 10.1. The number of carbonyl (C=O) groups is 2. The van der Waals surface area contributed by atoms with E-state index in [-0.39, 0.29) is 23.2 Å². The minimum Gasteiger partial charge on any atom is -0.341 e. The van der Waals surface area contributed by atoms with E-state index in [1.807, 2.05) is 13.8 Å². The summed E-state index contributed by atoms with van der Waals surface area (Å²) in [5, 5.41) is 0. The van der Waals surface area contributed by atoms with Crippen LogP contribution >= 0.6 is 0 Å². The van der Waals surface area contributed by atoms with E-state index >= 15 is 0 Å². The molecule has 4 heterocycles. The molecule has 33 heavy (non-hydrogen) atoms. The molecular formula is C26H29FN4O2. The van der Waals surface area contributed by atoms with Crippen LogP contribution in [-0.2, 0) is 4.79 Å². The van der Waals surface area contributed by atoms with Crippen molar-refractivity contribution in [3.8, 4) is 0 Å². The van der Waals surface area contributed by atoms with Gasteiger partial charge in [-0.05, 0) is 76.1 Å². The molecule has 1 saturated heterocycles. The quantitative estimate of drug-likeness (QED) is 0.498. The SMILES string of the molecule is Cc1nc(N2CCCCC2)ncc1C(=O)/C=C1/C(=O)N2c3c1cc(F)cc3C(C)CC2(C)C. The average molecular weight is 449 g/mol. The normalized spacial score (nSPS) is 22.6. The lowest BCUT2D eigenvalue weighted by molar-refractivity contribution is -0.114. The molecule has 0 aliphatic carbocycles. The maximum atomic E-state index is 14.5. The summed E-state index contributed by atoms with van der Waals surface area (Å²) >= 11 is 0. The molecule has 5 rings (SSSR count). The van der Waals surface area contributed by atoms with E-state index in [1.54, 1.807) is 18.0 Å². The minimum absolute atomic E-state index is 0.113. The van der Waals surface area contributed by atoms with Crippen molar-refractivity contribution in [2.75, 3.05) is 22.9 Å². The van der Waals surface area contributed by atoms with Gasteiger partial charge in [0.05, 0.1) is 22.5 Å². The molecule has 2 aromatic rings. The van der Waals surface area contributed by atoms with Crippen molar-refractivity contribution in [1.82, 2.24) is 9.97 Å². The van der Waals surface area contributed by atoms with E-state index in [0.29, 0.717) is 22.8 Å². The van der Waals surface area contributed by atoms with Gasteiger partial charge in [-0.2, -0.15) is 0 Å². The summed E-state index contributed by atoms with van der Waals surface area (Å²) in [7, 11) is 0. The molecule has 0 N–H and O–H groups in total. The molecule has 0 bridgehead atoms. The van der Waals surface area contributed by atoms with E-state index < -0.39 is 11.4 Å². The van der Waals surface area contributed by atoms with E-state index in [2.05, 4.69) is 21.8 Å². The fourth-order valence-corrected chi connectivity index (χ4v) is 5.61. The molecule has 1 aromatic heterocycles. The van der Waals surface area contributed by atoms with Gasteiger partial charge >= 0.3 is 0 Å². The van der Waals surface area contributed by atoms with Crippen LogP contribution < -0.4 is 9.80 Å². The third-order valence-corrected chi connectivity index (χ3v) is 7.14. The van der Waals surface area contributed by atoms with Crippen molar-refractivity contribution in [3.05, 3.63) is 52.6 Å². The molecule has 1 aromatic carbocycles. The Hall–Kier alpha value is -3.09. The Morgan fingerprint density at radius 2 is 1.94 bits per heavy atom. The smallest absolute Gasteiger partial charge is 0.259 e. The number of hydrogen-bond donors (Lipinski definition) is 0. The van der Waals surface area contributed by atoms with Gasteiger partial charge in [-0.1, -0.05) is 6.92 Å². The molecule has 7 heteroatoms. The highest BCUT2D eigenvalue weighted by Gasteiger charge is 2.47. The largest absolute Gasteiger partial charge is 0.341 e. The lowest BCUT2D eigenvalue weighted by Crippen LogP contribution is -2.49. The average Bonchev–Trinajstić information content (AvgIpc) is 3.04. The zero-order valence-corrected chi connectivity index (χ0v) is 19.6. The van der Waals surface area contributed by atoms with Crippen LogP contribution in [0.1, 0.15) is 79.6 Å². The van der Waals surface area contributed by atoms with Crippen LogP contribution in [0.2, 0.25) is 0 Å². The molecule has 3 aliphatic rings. The molecule has 1 amide bonds. The third kappa shape index (κ3) is 3.54. The number of piperidine rings is 1. The number of aryl methyl sites for hydroxylation is 1. The highest BCUT2D eigenvalue weighted by Crippen LogP contribution is 2.51. The molecule has 0 spiro atoms. The number of allylic oxidation sites excluding steroid dienone is 1. The van der Waals surface area contributed by atoms with Crippen molar-refractivity contribution in [2.45, 2.75) is 64.8 Å². The minimum atomic E-state index is -0.427. The van der Waals surface area contributed by atoms with Crippen LogP contribution in [0, 0.1) is 12.7 Å². The molecule has 172 valence electrons. The summed E-state index contributed by atoms with van der Waals surface area (Å²) in [6.45, 7) is 9.70. The van der Waals surface area contributed by atoms with Crippen molar-refractivity contribution >= 4 is 28.9 Å². The van der Waals surface area contributed by atoms with Crippen LogP contribution in [0.15, 0.2) is 24.4 Å². The Kier molecular flexibility index (Phi) is 5.10. The lowest BCUT2D eigenvalue weighted by Gasteiger charge is -2.43. The second kappa shape index (κ2) is 7.75. The van der Waals surface area contributed by atoms with Crippen LogP contribution in [-0.4, -0.2) is 40.3 Å². The van der Waals surface area contributed by atoms with Crippen LogP contribution in [0.25, 0.3) is 5.57 Å². The Balaban J connectivity index is 1.54. The van der Waals surface area contributed by atoms with Gasteiger partial charge < -0.3 is 9.80 Å². The first kappa shape index (κ1) is 21.7. The first-order valence-corrected chi connectivity index (χ1v) is 11.7. The molecule has 1 unspecified atom stereocenters. The maximum Gasteiger partial charge on any atom is 0.259 e. The van der Waals surface area contributed by atoms with Crippen molar-refractivity contribution < 1.29 is 14.0 Å². The molecule has 1 fully saturated rings. The molecule has 0 radical (unpaired) electrons. The van der Waals surface area contributed by atoms with Crippen molar-refractivity contribution in [3.63, 3.8) is 0 Å². The van der Waals surface area contributed by atoms with Crippen LogP contribution in [0.4, 0.5) is 16.0 Å². The number of rotatable bonds is 3. The fourth-order valence-electron chi connectivity index (χ4n) is 5.61. The zero-order valence-electron chi connectivity index (χ0n) is 19.6. The molecular weight excluding hydrogens is 419 g/mol. The summed E-state index contributed by atoms with van der Waals surface area (Å²) in [4.78, 5) is 39.6. The number of halogens is 1. The summed E-state index contributed by atoms with van der Waals surface area (Å²) in [6.07, 6.45) is 7.04. The van der Waals surface area contributed by atoms with E-state index in [1.165, 1.54) is 24.6 Å². The highest BCUT2D eigenvalue weighted by molar-refractivity contribution is 6.36. The monoisotopic (exact) mass is 448 g/mol. The fraction of sp³-hybridized carbons (Fsp3) is 0.462. The van der Waals surface area contributed by atoms with Crippen molar-refractivity contribution in [1.29, 1.82) is 0 Å². The van der Waals surface area contributed by atoms with E-state index in [4.69, 9.17) is 0 Å². The van der Waals surface area contributed by atoms with Gasteiger partial charge in [0.1, 0.15) is 5.82 Å². The van der Waals surface area contributed by atoms with Gasteiger partial charge in [-0.15, -0.1) is 0 Å². The van der Waals surface area contributed by atoms with E-state index in [9.17, 15) is 14.0 Å². The lowest BCUT2D eigenvalue weighted by atomic mass is 9.80. The molecule has 3 aliphatic heterocycles. The number of carbonyl (C=O) groups excluding carboxylic acids is 2. The van der Waals surface area contributed by atoms with Gasteiger partial charge in [0.15, 0.2) is 5.78 Å². The Labute approximate surface area is 193 Å². The molecule has 1 atom stereocenters. The number of ketones is 1. The van der Waals surface area contributed by atoms with Crippen molar-refractivity contribution in [2.24, 2.45) is 0 Å². The second-order valence-electron chi connectivity index (χ2n) is 10.1. The number of benzene rings is 1. The first-order chi connectivity index (χ1) is 15.7. The van der Waals surface area contributed by atoms with Crippen LogP contribution in [0.5, 0.6) is 0 Å². The third-order valence-electron chi connectivity index (χ3n) is 7.14. The molecule has 0 saturated carbocycles. The summed E-state index contributed by atoms with van der Waals surface area (Å²) in [5.41, 5.74) is 2.79. The Bertz CT molecular complexity index is 1200. The van der Waals surface area contributed by atoms with Crippen LogP contribution in [0.3, 0.4) is 0 Å². The topological polar surface area (TPSA) is 66.4 Å². The summed E-state index contributed by atoms with van der Waals surface area (Å²) in [6, 6.07) is 2.88. The predicted molar refractivity (Wildman–Crippen MR) is 126 cm³/mol. The van der Waals surface area contributed by atoms with Gasteiger partial charge in [0.25, 0.3) is 5.91 Å². The maximum absolute atomic E-state index is 14.5. The highest BCUT2D eigenvalue weighted by atomic mass is 19.1. The number of hydrogen-bond acceptors (Lipinski definition) is 5. The molecule has 6 nitrogen and oxygen atoms in total. The predicted octanol–water partition coefficient (Wildman–Crippen LogP) is 4.81. The Morgan fingerprint density at radius 3 is 2.64 bits per heavy atom. The zero-order chi connectivity index (χ0) is 23.5. The summed E-state index contributed by atoms with van der Waals surface area (Å²) in [5.74, 6) is -0.246. The Morgan fingerprint density at radius 1 is 1.21 bits per heavy atom. The van der Waals surface area contributed by atoms with E-state index in [0.717, 1.165) is 43.6 Å². The number of nitrogens with zero attached hydrogens (tertiary/aromatic N) is 4. The first-order valence-electron chi connectivity index (χ1n) is 11.7. The number of aromatic nitrogens is 2. The van der Waals surface area contributed by atoms with Gasteiger partial charge in [0, 0.05) is 30.4 Å². The van der Waals surface area contributed by atoms with Gasteiger partial charge in [-0.25, -0.2) is 14.4 Å². The van der Waals surface area contributed by atoms with Gasteiger partial charge in [-0.3, -0.25) is 9.59 Å². The summed E-state index contributed by atoms with van der Waals surface area (Å²) < 4.78 is 14.5. The number of amides is 1. The number of anilines is 2.